The largest absolute Gasteiger partial charge is 0.455 e. The van der Waals surface area contributed by atoms with Crippen LogP contribution in [0.25, 0.3) is 11.3 Å². The molecular weight excluding hydrogens is 472 g/mol. The molecule has 2 aromatic heterocycles. The van der Waals surface area contributed by atoms with E-state index in [1.807, 2.05) is 44.4 Å². The third kappa shape index (κ3) is 6.09. The van der Waals surface area contributed by atoms with Crippen LogP contribution in [-0.4, -0.2) is 40.2 Å². The molecule has 4 aromatic rings. The molecule has 35 heavy (non-hydrogen) atoms. The third-order valence-electron chi connectivity index (χ3n) is 4.73. The SMILES string of the molecule is CN(C)c1nc(NCc2ccccc2)nc(N/N=C\c2ccc(-c3cc([N+](=O)[O-])ccc3Cl)o2)n1. The van der Waals surface area contributed by atoms with E-state index in [0.717, 1.165) is 5.56 Å². The van der Waals surface area contributed by atoms with Gasteiger partial charge >= 0.3 is 0 Å². The predicted molar refractivity (Wildman–Crippen MR) is 135 cm³/mol. The number of non-ortho nitro benzene ring substituents is 1. The van der Waals surface area contributed by atoms with E-state index in [9.17, 15) is 10.1 Å². The Bertz CT molecular complexity index is 1360. The molecule has 0 saturated heterocycles. The molecule has 0 fully saturated rings. The van der Waals surface area contributed by atoms with Crippen molar-refractivity contribution in [1.29, 1.82) is 0 Å². The second-order valence-corrected chi connectivity index (χ2v) is 7.92. The van der Waals surface area contributed by atoms with Gasteiger partial charge in [-0.05, 0) is 23.8 Å². The van der Waals surface area contributed by atoms with Gasteiger partial charge in [-0.3, -0.25) is 10.1 Å². The highest BCUT2D eigenvalue weighted by molar-refractivity contribution is 6.33. The lowest BCUT2D eigenvalue weighted by Gasteiger charge is -2.13. The summed E-state index contributed by atoms with van der Waals surface area (Å²) in [6.45, 7) is 0.551. The number of anilines is 3. The average molecular weight is 493 g/mol. The number of furan rings is 1. The van der Waals surface area contributed by atoms with Gasteiger partial charge in [0, 0.05) is 38.3 Å². The number of hydrogen-bond acceptors (Lipinski definition) is 10. The molecule has 0 bridgehead atoms. The van der Waals surface area contributed by atoms with Crippen LogP contribution in [0.2, 0.25) is 5.02 Å². The third-order valence-corrected chi connectivity index (χ3v) is 5.06. The normalized spacial score (nSPS) is 10.9. The van der Waals surface area contributed by atoms with Gasteiger partial charge in [-0.15, -0.1) is 0 Å². The molecule has 11 nitrogen and oxygen atoms in total. The van der Waals surface area contributed by atoms with Crippen LogP contribution in [0.5, 0.6) is 0 Å². The van der Waals surface area contributed by atoms with E-state index in [1.165, 1.54) is 24.4 Å². The van der Waals surface area contributed by atoms with Crippen LogP contribution in [0.4, 0.5) is 23.5 Å². The van der Waals surface area contributed by atoms with Gasteiger partial charge in [-0.1, -0.05) is 41.9 Å². The summed E-state index contributed by atoms with van der Waals surface area (Å²) in [5.41, 5.74) is 4.19. The number of hydrogen-bond donors (Lipinski definition) is 2. The summed E-state index contributed by atoms with van der Waals surface area (Å²) >= 11 is 6.19. The highest BCUT2D eigenvalue weighted by Crippen LogP contribution is 2.32. The first-order valence-electron chi connectivity index (χ1n) is 10.4. The summed E-state index contributed by atoms with van der Waals surface area (Å²) in [5, 5.41) is 18.7. The van der Waals surface area contributed by atoms with Crippen LogP contribution in [0, 0.1) is 10.1 Å². The van der Waals surface area contributed by atoms with E-state index < -0.39 is 4.92 Å². The Labute approximate surface area is 205 Å². The lowest BCUT2D eigenvalue weighted by molar-refractivity contribution is -0.384. The monoisotopic (exact) mass is 492 g/mol. The van der Waals surface area contributed by atoms with Crippen LogP contribution in [0.1, 0.15) is 11.3 Å². The predicted octanol–water partition coefficient (Wildman–Crippen LogP) is 4.82. The molecule has 0 aliphatic carbocycles. The van der Waals surface area contributed by atoms with Crippen molar-refractivity contribution in [2.75, 3.05) is 29.7 Å². The van der Waals surface area contributed by atoms with Gasteiger partial charge in [-0.25, -0.2) is 5.43 Å². The molecule has 0 aliphatic heterocycles. The molecule has 4 rings (SSSR count). The Kier molecular flexibility index (Phi) is 7.17. The van der Waals surface area contributed by atoms with Gasteiger partial charge in [0.2, 0.25) is 17.8 Å². The number of nitrogens with zero attached hydrogens (tertiary/aromatic N) is 6. The summed E-state index contributed by atoms with van der Waals surface area (Å²) < 4.78 is 5.73. The molecule has 0 aliphatic rings. The summed E-state index contributed by atoms with van der Waals surface area (Å²) in [6.07, 6.45) is 1.44. The number of nitro benzene ring substituents is 1. The molecule has 12 heteroatoms. The molecule has 0 saturated carbocycles. The van der Waals surface area contributed by atoms with Gasteiger partial charge in [-0.2, -0.15) is 20.1 Å². The van der Waals surface area contributed by atoms with E-state index in [0.29, 0.717) is 40.5 Å². The molecule has 0 atom stereocenters. The fourth-order valence-electron chi connectivity index (χ4n) is 3.01. The van der Waals surface area contributed by atoms with Gasteiger partial charge in [0.25, 0.3) is 5.69 Å². The van der Waals surface area contributed by atoms with Crippen LogP contribution in [-0.2, 0) is 6.54 Å². The van der Waals surface area contributed by atoms with E-state index >= 15 is 0 Å². The molecule has 2 aromatic carbocycles. The minimum absolute atomic E-state index is 0.0825. The number of aromatic nitrogens is 3. The van der Waals surface area contributed by atoms with Crippen LogP contribution in [0.3, 0.4) is 0 Å². The van der Waals surface area contributed by atoms with Crippen molar-refractivity contribution in [2.45, 2.75) is 6.54 Å². The van der Waals surface area contributed by atoms with E-state index in [2.05, 4.69) is 30.8 Å². The molecular formula is C23H21ClN8O3. The lowest BCUT2D eigenvalue weighted by Crippen LogP contribution is -2.16. The van der Waals surface area contributed by atoms with E-state index in [1.54, 1.807) is 17.0 Å². The standard InChI is InChI=1S/C23H21ClN8O3/c1-31(2)23-28-21(25-13-15-6-4-3-5-7-15)27-22(29-23)30-26-14-17-9-11-20(35-17)18-12-16(32(33)34)8-10-19(18)24/h3-12,14H,13H2,1-2H3,(H2,25,27,28,29,30)/b26-14-. The summed E-state index contributed by atoms with van der Waals surface area (Å²) in [4.78, 5) is 25.4. The molecule has 0 unspecified atom stereocenters. The first-order chi connectivity index (χ1) is 16.9. The zero-order chi connectivity index (χ0) is 24.8. The average Bonchev–Trinajstić information content (AvgIpc) is 3.32. The van der Waals surface area contributed by atoms with Gasteiger partial charge < -0.3 is 14.6 Å². The van der Waals surface area contributed by atoms with E-state index in [-0.39, 0.29) is 11.6 Å². The highest BCUT2D eigenvalue weighted by Gasteiger charge is 2.14. The summed E-state index contributed by atoms with van der Waals surface area (Å²) in [7, 11) is 3.65. The van der Waals surface area contributed by atoms with Crippen molar-refractivity contribution >= 4 is 41.3 Å². The number of benzene rings is 2. The van der Waals surface area contributed by atoms with Crippen molar-refractivity contribution in [3.63, 3.8) is 0 Å². The fraction of sp³-hybridized carbons (Fsp3) is 0.130. The van der Waals surface area contributed by atoms with Gasteiger partial charge in [0.1, 0.15) is 11.5 Å². The van der Waals surface area contributed by atoms with Crippen LogP contribution < -0.4 is 15.6 Å². The first-order valence-corrected chi connectivity index (χ1v) is 10.8. The minimum atomic E-state index is -0.491. The maximum absolute atomic E-state index is 11.1. The molecule has 2 N–H and O–H groups in total. The Balaban J connectivity index is 1.47. The van der Waals surface area contributed by atoms with Crippen molar-refractivity contribution in [2.24, 2.45) is 5.10 Å². The van der Waals surface area contributed by atoms with E-state index in [4.69, 9.17) is 16.0 Å². The van der Waals surface area contributed by atoms with Crippen molar-refractivity contribution < 1.29 is 9.34 Å². The second-order valence-electron chi connectivity index (χ2n) is 7.51. The molecule has 0 amide bonds. The Hall–Kier alpha value is -4.51. The van der Waals surface area contributed by atoms with Crippen molar-refractivity contribution in [1.82, 2.24) is 15.0 Å². The Morgan fingerprint density at radius 3 is 2.60 bits per heavy atom. The maximum atomic E-state index is 11.1. The first kappa shape index (κ1) is 23.6. The van der Waals surface area contributed by atoms with Crippen molar-refractivity contribution in [3.8, 4) is 11.3 Å². The fourth-order valence-corrected chi connectivity index (χ4v) is 3.22. The highest BCUT2D eigenvalue weighted by atomic mass is 35.5. The molecule has 0 radical (unpaired) electrons. The lowest BCUT2D eigenvalue weighted by atomic mass is 10.1. The second kappa shape index (κ2) is 10.6. The smallest absolute Gasteiger partial charge is 0.270 e. The Morgan fingerprint density at radius 1 is 1.09 bits per heavy atom. The van der Waals surface area contributed by atoms with Crippen molar-refractivity contribution in [3.05, 3.63) is 87.1 Å². The zero-order valence-electron chi connectivity index (χ0n) is 18.8. The number of nitro groups is 1. The van der Waals surface area contributed by atoms with Gasteiger partial charge in [0.05, 0.1) is 16.2 Å². The topological polar surface area (TPSA) is 135 Å². The number of nitrogens with one attached hydrogen (secondary N) is 2. The number of hydrazone groups is 1. The minimum Gasteiger partial charge on any atom is -0.455 e. The Morgan fingerprint density at radius 2 is 1.86 bits per heavy atom. The molecule has 2 heterocycles. The number of rotatable bonds is 9. The maximum Gasteiger partial charge on any atom is 0.270 e. The molecule has 0 spiro atoms. The quantitative estimate of drug-likeness (QED) is 0.191. The van der Waals surface area contributed by atoms with Crippen LogP contribution in [0.15, 0.2) is 70.2 Å². The molecule has 178 valence electrons. The zero-order valence-corrected chi connectivity index (χ0v) is 19.6. The summed E-state index contributed by atoms with van der Waals surface area (Å²) in [5.74, 6) is 1.87. The number of halogens is 1. The van der Waals surface area contributed by atoms with Crippen LogP contribution >= 0.6 is 11.6 Å². The summed E-state index contributed by atoms with van der Waals surface area (Å²) in [6, 6.07) is 17.4. The van der Waals surface area contributed by atoms with Gasteiger partial charge in [0.15, 0.2) is 0 Å².